The minimum absolute atomic E-state index is 0.139. The van der Waals surface area contributed by atoms with Crippen LogP contribution in [0.4, 0.5) is 0 Å². The van der Waals surface area contributed by atoms with Crippen molar-refractivity contribution in [3.8, 4) is 0 Å². The van der Waals surface area contributed by atoms with E-state index in [9.17, 15) is 4.79 Å². The summed E-state index contributed by atoms with van der Waals surface area (Å²) >= 11 is 0. The molecule has 18 heavy (non-hydrogen) atoms. The molecule has 0 aromatic heterocycles. The summed E-state index contributed by atoms with van der Waals surface area (Å²) in [6.45, 7) is 2.71. The molecule has 0 aromatic carbocycles. The molecule has 0 radical (unpaired) electrons. The Kier molecular flexibility index (Phi) is 5.24. The van der Waals surface area contributed by atoms with E-state index in [-0.39, 0.29) is 12.1 Å². The zero-order chi connectivity index (χ0) is 12.8. The van der Waals surface area contributed by atoms with Crippen molar-refractivity contribution in [2.75, 3.05) is 6.61 Å². The van der Waals surface area contributed by atoms with Crippen LogP contribution >= 0.6 is 0 Å². The number of carbonyl (C=O) groups is 1. The highest BCUT2D eigenvalue weighted by Crippen LogP contribution is 2.22. The lowest BCUT2D eigenvalue weighted by molar-refractivity contribution is -0.145. The number of hydrogen-bond acceptors (Lipinski definition) is 3. The highest BCUT2D eigenvalue weighted by atomic mass is 16.5. The van der Waals surface area contributed by atoms with Crippen LogP contribution in [0.5, 0.6) is 0 Å². The van der Waals surface area contributed by atoms with Crippen LogP contribution in [0, 0.1) is 0 Å². The van der Waals surface area contributed by atoms with Crippen LogP contribution in [0.2, 0.25) is 0 Å². The van der Waals surface area contributed by atoms with E-state index >= 15 is 0 Å². The van der Waals surface area contributed by atoms with Gasteiger partial charge in [-0.15, -0.1) is 0 Å². The Morgan fingerprint density at radius 2 is 2.00 bits per heavy atom. The molecule has 1 unspecified atom stereocenters. The molecule has 0 spiro atoms. The van der Waals surface area contributed by atoms with E-state index in [2.05, 4.69) is 0 Å². The van der Waals surface area contributed by atoms with Gasteiger partial charge in [-0.3, -0.25) is 0 Å². The minimum Gasteiger partial charge on any atom is -0.459 e. The molecule has 2 aliphatic rings. The van der Waals surface area contributed by atoms with E-state index in [1.165, 1.54) is 19.3 Å². The van der Waals surface area contributed by atoms with Gasteiger partial charge in [0.15, 0.2) is 0 Å². The molecule has 0 amide bonds. The predicted octanol–water partition coefficient (Wildman–Crippen LogP) is 3.38. The average Bonchev–Trinajstić information content (AvgIpc) is 2.90. The lowest BCUT2D eigenvalue weighted by Gasteiger charge is -2.22. The Balaban J connectivity index is 1.74. The maximum atomic E-state index is 11.9. The van der Waals surface area contributed by atoms with Crippen LogP contribution in [0.25, 0.3) is 0 Å². The summed E-state index contributed by atoms with van der Waals surface area (Å²) in [5.74, 6) is -0.139. The van der Waals surface area contributed by atoms with Crippen molar-refractivity contribution in [2.24, 2.45) is 0 Å². The van der Waals surface area contributed by atoms with Gasteiger partial charge in [0.1, 0.15) is 6.10 Å². The van der Waals surface area contributed by atoms with Gasteiger partial charge in [0.05, 0.1) is 6.10 Å². The van der Waals surface area contributed by atoms with Crippen molar-refractivity contribution < 1.29 is 14.3 Å². The molecular weight excluding hydrogens is 228 g/mol. The quantitative estimate of drug-likeness (QED) is 0.568. The van der Waals surface area contributed by atoms with Gasteiger partial charge in [-0.2, -0.15) is 0 Å². The maximum absolute atomic E-state index is 11.9. The molecule has 1 saturated heterocycles. The molecule has 2 rings (SSSR count). The van der Waals surface area contributed by atoms with Gasteiger partial charge >= 0.3 is 5.97 Å². The van der Waals surface area contributed by atoms with Crippen molar-refractivity contribution >= 4 is 5.97 Å². The van der Waals surface area contributed by atoms with Gasteiger partial charge in [0, 0.05) is 12.2 Å². The summed E-state index contributed by atoms with van der Waals surface area (Å²) in [6.07, 6.45) is 11.3. The Labute approximate surface area is 110 Å². The highest BCUT2D eigenvalue weighted by Gasteiger charge is 2.19. The second kappa shape index (κ2) is 6.93. The number of rotatable bonds is 4. The fourth-order valence-corrected chi connectivity index (χ4v) is 2.65. The fraction of sp³-hybridized carbons (Fsp3) is 0.800. The highest BCUT2D eigenvalue weighted by molar-refractivity contribution is 5.87. The van der Waals surface area contributed by atoms with E-state index in [1.807, 2.05) is 13.0 Å². The van der Waals surface area contributed by atoms with Gasteiger partial charge in [-0.1, -0.05) is 12.5 Å². The average molecular weight is 252 g/mol. The Morgan fingerprint density at radius 3 is 2.67 bits per heavy atom. The predicted molar refractivity (Wildman–Crippen MR) is 70.3 cm³/mol. The van der Waals surface area contributed by atoms with Crippen molar-refractivity contribution in [3.63, 3.8) is 0 Å². The summed E-state index contributed by atoms with van der Waals surface area (Å²) in [4.78, 5) is 11.9. The lowest BCUT2D eigenvalue weighted by atomic mass is 9.98. The molecule has 3 heteroatoms. The molecular formula is C15H24O3. The van der Waals surface area contributed by atoms with Gasteiger partial charge in [0.2, 0.25) is 0 Å². The van der Waals surface area contributed by atoms with Crippen molar-refractivity contribution in [1.82, 2.24) is 0 Å². The molecule has 0 aromatic rings. The zero-order valence-corrected chi connectivity index (χ0v) is 11.3. The monoisotopic (exact) mass is 252 g/mol. The number of esters is 1. The molecule has 3 nitrogen and oxygen atoms in total. The molecule has 0 bridgehead atoms. The van der Waals surface area contributed by atoms with Crippen LogP contribution < -0.4 is 0 Å². The third-order valence-electron chi connectivity index (χ3n) is 3.86. The minimum atomic E-state index is -0.139. The summed E-state index contributed by atoms with van der Waals surface area (Å²) in [5, 5.41) is 0. The van der Waals surface area contributed by atoms with E-state index in [0.717, 1.165) is 44.3 Å². The van der Waals surface area contributed by atoms with Crippen LogP contribution in [0.3, 0.4) is 0 Å². The summed E-state index contributed by atoms with van der Waals surface area (Å²) in [7, 11) is 0. The van der Waals surface area contributed by atoms with Crippen LogP contribution in [-0.4, -0.2) is 24.8 Å². The summed E-state index contributed by atoms with van der Waals surface area (Å²) in [5.41, 5.74) is 0.732. The Morgan fingerprint density at radius 1 is 1.22 bits per heavy atom. The molecule has 1 aliphatic carbocycles. The normalized spacial score (nSPS) is 26.3. The smallest absolute Gasteiger partial charge is 0.333 e. The first-order valence-corrected chi connectivity index (χ1v) is 7.25. The maximum Gasteiger partial charge on any atom is 0.333 e. The molecule has 1 heterocycles. The first-order valence-electron chi connectivity index (χ1n) is 7.25. The van der Waals surface area contributed by atoms with E-state index in [1.54, 1.807) is 0 Å². The third-order valence-corrected chi connectivity index (χ3v) is 3.86. The number of hydrogen-bond donors (Lipinski definition) is 0. The van der Waals surface area contributed by atoms with Gasteiger partial charge in [0.25, 0.3) is 0 Å². The van der Waals surface area contributed by atoms with Crippen molar-refractivity contribution in [2.45, 2.75) is 70.5 Å². The van der Waals surface area contributed by atoms with Crippen molar-refractivity contribution in [1.29, 1.82) is 0 Å². The van der Waals surface area contributed by atoms with Crippen LogP contribution in [0.15, 0.2) is 11.6 Å². The second-order valence-electron chi connectivity index (χ2n) is 5.42. The Bertz CT molecular complexity index is 297. The standard InChI is InChI=1S/C15H24O3/c1-12(9-10-13-8-5-11-17-13)15(16)18-14-6-3-2-4-7-14/h9,13-14H,2-8,10-11H2,1H3. The molecule has 1 saturated carbocycles. The van der Waals surface area contributed by atoms with Gasteiger partial charge < -0.3 is 9.47 Å². The lowest BCUT2D eigenvalue weighted by Crippen LogP contribution is -2.21. The first-order chi connectivity index (χ1) is 8.75. The third kappa shape index (κ3) is 4.13. The van der Waals surface area contributed by atoms with E-state index in [4.69, 9.17) is 9.47 Å². The van der Waals surface area contributed by atoms with E-state index < -0.39 is 0 Å². The zero-order valence-electron chi connectivity index (χ0n) is 11.3. The largest absolute Gasteiger partial charge is 0.459 e. The topological polar surface area (TPSA) is 35.5 Å². The second-order valence-corrected chi connectivity index (χ2v) is 5.42. The summed E-state index contributed by atoms with van der Waals surface area (Å²) in [6, 6.07) is 0. The number of ether oxygens (including phenoxy) is 2. The van der Waals surface area contributed by atoms with Gasteiger partial charge in [-0.25, -0.2) is 4.79 Å². The molecule has 102 valence electrons. The molecule has 1 aliphatic heterocycles. The van der Waals surface area contributed by atoms with Gasteiger partial charge in [-0.05, 0) is 51.9 Å². The molecule has 2 fully saturated rings. The summed E-state index contributed by atoms with van der Waals surface area (Å²) < 4.78 is 11.1. The van der Waals surface area contributed by atoms with Crippen molar-refractivity contribution in [3.05, 3.63) is 11.6 Å². The van der Waals surface area contributed by atoms with Crippen LogP contribution in [-0.2, 0) is 14.3 Å². The first kappa shape index (κ1) is 13.6. The SMILES string of the molecule is CC(=CCC1CCCO1)C(=O)OC1CCCCC1. The number of carbonyl (C=O) groups excluding carboxylic acids is 1. The Hall–Kier alpha value is -0.830. The molecule has 0 N–H and O–H groups in total. The van der Waals surface area contributed by atoms with Crippen LogP contribution in [0.1, 0.15) is 58.3 Å². The molecule has 1 atom stereocenters. The van der Waals surface area contributed by atoms with E-state index in [0.29, 0.717) is 6.10 Å². The fourth-order valence-electron chi connectivity index (χ4n) is 2.65.